The number of hydrogen-bond donors (Lipinski definition) is 3. The third kappa shape index (κ3) is 3.66. The molecule has 1 unspecified atom stereocenters. The highest BCUT2D eigenvalue weighted by Gasteiger charge is 2.17. The Balaban J connectivity index is 1.63. The molecule has 0 bridgehead atoms. The van der Waals surface area contributed by atoms with Gasteiger partial charge in [-0.2, -0.15) is 5.10 Å². The van der Waals surface area contributed by atoms with Crippen LogP contribution >= 0.6 is 11.3 Å². The van der Waals surface area contributed by atoms with Crippen molar-refractivity contribution in [1.29, 1.82) is 0 Å². The molecule has 1 atom stereocenters. The van der Waals surface area contributed by atoms with Crippen molar-refractivity contribution < 1.29 is 15.3 Å². The summed E-state index contributed by atoms with van der Waals surface area (Å²) in [6.45, 7) is 1.94. The second-order valence-corrected chi connectivity index (χ2v) is 7.75. The van der Waals surface area contributed by atoms with E-state index in [2.05, 4.69) is 29.4 Å². The Bertz CT molecular complexity index is 1110. The van der Waals surface area contributed by atoms with Gasteiger partial charge < -0.3 is 15.3 Å². The van der Waals surface area contributed by atoms with Gasteiger partial charge in [-0.25, -0.2) is 4.68 Å². The van der Waals surface area contributed by atoms with E-state index in [1.165, 1.54) is 34.7 Å². The normalized spacial score (nSPS) is 17.2. The molecule has 4 rings (SSSR count). The zero-order valence-electron chi connectivity index (χ0n) is 15.4. The first kappa shape index (κ1) is 18.3. The van der Waals surface area contributed by atoms with E-state index in [0.29, 0.717) is 5.56 Å². The molecule has 6 nitrogen and oxygen atoms in total. The molecule has 1 aliphatic rings. The van der Waals surface area contributed by atoms with Gasteiger partial charge >= 0.3 is 0 Å². The molecule has 1 heterocycles. The lowest BCUT2D eigenvalue weighted by molar-refractivity contribution is 0.396. The molecule has 0 fully saturated rings. The standard InChI is InChI=1S/C21H21N3O3S/c1-13-12-28-21(23-17-7-6-14-4-2-3-5-15(14)8-17)24(13)22-11-16-9-19(26)20(27)10-18(16)25/h2-5,9-12,17,25-27H,6-8H2,1H3/b22-11+,23-21?. The zero-order chi connectivity index (χ0) is 19.7. The first-order valence-corrected chi connectivity index (χ1v) is 9.96. The van der Waals surface area contributed by atoms with E-state index >= 15 is 0 Å². The van der Waals surface area contributed by atoms with E-state index in [4.69, 9.17) is 4.99 Å². The van der Waals surface area contributed by atoms with Crippen LogP contribution < -0.4 is 4.80 Å². The summed E-state index contributed by atoms with van der Waals surface area (Å²) in [5, 5.41) is 35.5. The number of hydrogen-bond acceptors (Lipinski definition) is 6. The van der Waals surface area contributed by atoms with Gasteiger partial charge in [-0.1, -0.05) is 24.3 Å². The van der Waals surface area contributed by atoms with Crippen LogP contribution in [-0.4, -0.2) is 32.3 Å². The second kappa shape index (κ2) is 7.52. The molecular weight excluding hydrogens is 374 g/mol. The second-order valence-electron chi connectivity index (χ2n) is 6.91. The van der Waals surface area contributed by atoms with Gasteiger partial charge in [-0.3, -0.25) is 4.99 Å². The monoisotopic (exact) mass is 395 g/mol. The van der Waals surface area contributed by atoms with Crippen molar-refractivity contribution in [2.75, 3.05) is 0 Å². The van der Waals surface area contributed by atoms with Crippen molar-refractivity contribution in [3.8, 4) is 17.2 Å². The van der Waals surface area contributed by atoms with Gasteiger partial charge in [-0.05, 0) is 43.4 Å². The number of rotatable bonds is 3. The predicted octanol–water partition coefficient (Wildman–Crippen LogP) is 3.32. The van der Waals surface area contributed by atoms with Crippen molar-refractivity contribution in [1.82, 2.24) is 4.68 Å². The number of aryl methyl sites for hydroxylation is 2. The van der Waals surface area contributed by atoms with Crippen LogP contribution in [0.4, 0.5) is 0 Å². The Labute approximate surface area is 166 Å². The predicted molar refractivity (Wildman–Crippen MR) is 109 cm³/mol. The molecule has 0 amide bonds. The van der Waals surface area contributed by atoms with Gasteiger partial charge in [0.25, 0.3) is 0 Å². The van der Waals surface area contributed by atoms with Crippen LogP contribution in [0.2, 0.25) is 0 Å². The summed E-state index contributed by atoms with van der Waals surface area (Å²) in [6.07, 6.45) is 4.40. The van der Waals surface area contributed by atoms with Crippen molar-refractivity contribution in [3.63, 3.8) is 0 Å². The molecule has 0 radical (unpaired) electrons. The SMILES string of the molecule is Cc1csc(=NC2CCc3ccccc3C2)n1/N=C/c1cc(O)c(O)cc1O. The van der Waals surface area contributed by atoms with Crippen molar-refractivity contribution in [2.24, 2.45) is 10.1 Å². The zero-order valence-corrected chi connectivity index (χ0v) is 16.2. The summed E-state index contributed by atoms with van der Waals surface area (Å²) in [4.78, 5) is 5.71. The fraction of sp³-hybridized carbons (Fsp3) is 0.238. The maximum absolute atomic E-state index is 9.94. The highest BCUT2D eigenvalue weighted by molar-refractivity contribution is 7.07. The highest BCUT2D eigenvalue weighted by atomic mass is 32.1. The van der Waals surface area contributed by atoms with Crippen LogP contribution in [0.25, 0.3) is 0 Å². The number of benzene rings is 2. The number of phenolic OH excluding ortho intramolecular Hbond substituents is 3. The smallest absolute Gasteiger partial charge is 0.206 e. The van der Waals surface area contributed by atoms with Crippen LogP contribution in [0.3, 0.4) is 0 Å². The van der Waals surface area contributed by atoms with Gasteiger partial charge in [0.05, 0.1) is 18.0 Å². The first-order valence-electron chi connectivity index (χ1n) is 9.08. The summed E-state index contributed by atoms with van der Waals surface area (Å²) in [5.41, 5.74) is 4.00. The minimum absolute atomic E-state index is 0.157. The molecule has 7 heteroatoms. The van der Waals surface area contributed by atoms with Crippen molar-refractivity contribution >= 4 is 17.6 Å². The minimum atomic E-state index is -0.373. The lowest BCUT2D eigenvalue weighted by atomic mass is 9.89. The fourth-order valence-corrected chi connectivity index (χ4v) is 4.24. The summed E-state index contributed by atoms with van der Waals surface area (Å²) in [6, 6.07) is 11.1. The van der Waals surface area contributed by atoms with Gasteiger partial charge in [0, 0.05) is 17.0 Å². The Morgan fingerprint density at radius 2 is 1.82 bits per heavy atom. The molecular formula is C21H21N3O3S. The van der Waals surface area contributed by atoms with Crippen LogP contribution in [0.5, 0.6) is 17.2 Å². The molecule has 28 heavy (non-hydrogen) atoms. The molecule has 0 saturated heterocycles. The Morgan fingerprint density at radius 1 is 1.07 bits per heavy atom. The average molecular weight is 395 g/mol. The molecule has 0 aliphatic heterocycles. The fourth-order valence-electron chi connectivity index (χ4n) is 3.36. The third-order valence-electron chi connectivity index (χ3n) is 4.90. The highest BCUT2D eigenvalue weighted by Crippen LogP contribution is 2.31. The summed E-state index contributed by atoms with van der Waals surface area (Å²) in [5.74, 6) is -0.839. The van der Waals surface area contributed by atoms with Gasteiger partial charge in [-0.15, -0.1) is 11.3 Å². The lowest BCUT2D eigenvalue weighted by Gasteiger charge is -2.21. The Kier molecular flexibility index (Phi) is 4.92. The number of thiazole rings is 1. The average Bonchev–Trinajstić information content (AvgIpc) is 3.03. The van der Waals surface area contributed by atoms with E-state index in [1.807, 2.05) is 12.3 Å². The number of phenols is 3. The lowest BCUT2D eigenvalue weighted by Crippen LogP contribution is -2.22. The van der Waals surface area contributed by atoms with Crippen molar-refractivity contribution in [2.45, 2.75) is 32.2 Å². The van der Waals surface area contributed by atoms with E-state index in [-0.39, 0.29) is 23.3 Å². The maximum Gasteiger partial charge on any atom is 0.206 e. The van der Waals surface area contributed by atoms with E-state index in [9.17, 15) is 15.3 Å². The molecule has 1 aromatic heterocycles. The van der Waals surface area contributed by atoms with Gasteiger partial charge in [0.2, 0.25) is 4.80 Å². The molecule has 0 saturated carbocycles. The molecule has 0 spiro atoms. The van der Waals surface area contributed by atoms with E-state index in [1.54, 1.807) is 4.68 Å². The van der Waals surface area contributed by atoms with Crippen molar-refractivity contribution in [3.05, 3.63) is 69.0 Å². The Morgan fingerprint density at radius 3 is 2.64 bits per heavy atom. The quantitative estimate of drug-likeness (QED) is 0.361. The topological polar surface area (TPSA) is 90.3 Å². The summed E-state index contributed by atoms with van der Waals surface area (Å²) < 4.78 is 1.73. The van der Waals surface area contributed by atoms with Crippen LogP contribution in [-0.2, 0) is 12.8 Å². The largest absolute Gasteiger partial charge is 0.507 e. The molecule has 2 aromatic carbocycles. The molecule has 3 aromatic rings. The first-order chi connectivity index (χ1) is 13.5. The van der Waals surface area contributed by atoms with Gasteiger partial charge in [0.15, 0.2) is 11.5 Å². The molecule has 144 valence electrons. The van der Waals surface area contributed by atoms with E-state index in [0.717, 1.165) is 35.8 Å². The van der Waals surface area contributed by atoms with Crippen LogP contribution in [0, 0.1) is 6.92 Å². The third-order valence-corrected chi connectivity index (χ3v) is 5.85. The minimum Gasteiger partial charge on any atom is -0.507 e. The molecule has 1 aliphatic carbocycles. The maximum atomic E-state index is 9.94. The summed E-state index contributed by atoms with van der Waals surface area (Å²) >= 11 is 1.53. The van der Waals surface area contributed by atoms with Crippen LogP contribution in [0.1, 0.15) is 28.8 Å². The van der Waals surface area contributed by atoms with Crippen LogP contribution in [0.15, 0.2) is 51.9 Å². The number of aromatic nitrogens is 1. The molecule has 3 N–H and O–H groups in total. The summed E-state index contributed by atoms with van der Waals surface area (Å²) in [7, 11) is 0. The number of aromatic hydroxyl groups is 3. The van der Waals surface area contributed by atoms with Gasteiger partial charge in [0.1, 0.15) is 5.75 Å². The number of fused-ring (bicyclic) bond motifs is 1. The number of nitrogens with zero attached hydrogens (tertiary/aromatic N) is 3. The Hall–Kier alpha value is -3.06. The van der Waals surface area contributed by atoms with E-state index < -0.39 is 0 Å².